The van der Waals surface area contributed by atoms with Gasteiger partial charge in [0, 0.05) is 19.3 Å². The van der Waals surface area contributed by atoms with Crippen molar-refractivity contribution in [1.29, 1.82) is 0 Å². The zero-order chi connectivity index (χ0) is 76.0. The summed E-state index contributed by atoms with van der Waals surface area (Å²) in [7, 11) is -10.0. The highest BCUT2D eigenvalue weighted by Crippen LogP contribution is 2.45. The van der Waals surface area contributed by atoms with Crippen LogP contribution in [-0.4, -0.2) is 96.7 Å². The monoisotopic (exact) mass is 1490 g/mol. The number of carbonyl (C=O) groups is 4. The predicted molar refractivity (Wildman–Crippen MR) is 426 cm³/mol. The van der Waals surface area contributed by atoms with Gasteiger partial charge in [0.1, 0.15) is 19.3 Å². The van der Waals surface area contributed by atoms with Crippen LogP contribution >= 0.6 is 15.6 Å². The first kappa shape index (κ1) is 97.9. The second-order valence-electron chi connectivity index (χ2n) is 24.8. The summed E-state index contributed by atoms with van der Waals surface area (Å²) in [5.41, 5.74) is 0. The molecule has 17 nitrogen and oxygen atoms in total. The van der Waals surface area contributed by atoms with Crippen LogP contribution < -0.4 is 0 Å². The normalized spacial score (nSPS) is 15.0. The number of allylic oxidation sites excluding steroid dienone is 31. The van der Waals surface area contributed by atoms with E-state index in [1.807, 2.05) is 18.2 Å². The van der Waals surface area contributed by atoms with Gasteiger partial charge in [0.15, 0.2) is 12.2 Å². The lowest BCUT2D eigenvalue weighted by Gasteiger charge is -2.21. The molecule has 0 aliphatic rings. The van der Waals surface area contributed by atoms with Crippen molar-refractivity contribution >= 4 is 39.5 Å². The molecule has 0 fully saturated rings. The number of hydrogen-bond acceptors (Lipinski definition) is 15. The molecule has 0 radical (unpaired) electrons. The fourth-order valence-electron chi connectivity index (χ4n) is 9.29. The first-order valence-electron chi connectivity index (χ1n) is 38.7. The average molecular weight is 1490 g/mol. The minimum absolute atomic E-state index is 0.0485. The van der Waals surface area contributed by atoms with Crippen molar-refractivity contribution in [2.24, 2.45) is 0 Å². The largest absolute Gasteiger partial charge is 0.472 e. The maximum absolute atomic E-state index is 13.1. The minimum atomic E-state index is -5.01. The van der Waals surface area contributed by atoms with E-state index in [1.165, 1.54) is 0 Å². The third-order valence-corrected chi connectivity index (χ3v) is 17.0. The lowest BCUT2D eigenvalue weighted by Crippen LogP contribution is -2.30. The van der Waals surface area contributed by atoms with Crippen molar-refractivity contribution in [3.63, 3.8) is 0 Å². The van der Waals surface area contributed by atoms with Crippen LogP contribution in [0.5, 0.6) is 0 Å². The van der Waals surface area contributed by atoms with Crippen LogP contribution in [0.1, 0.15) is 259 Å². The molecular formula is C85H134O17P2. The summed E-state index contributed by atoms with van der Waals surface area (Å²) >= 11 is 0. The van der Waals surface area contributed by atoms with Crippen molar-refractivity contribution in [2.45, 2.75) is 277 Å². The van der Waals surface area contributed by atoms with Crippen LogP contribution in [0.4, 0.5) is 0 Å². The molecule has 0 aromatic heterocycles. The Labute approximate surface area is 627 Å². The Morgan fingerprint density at radius 2 is 0.538 bits per heavy atom. The van der Waals surface area contributed by atoms with E-state index in [-0.39, 0.29) is 25.7 Å². The molecule has 0 heterocycles. The van der Waals surface area contributed by atoms with Crippen LogP contribution in [0.2, 0.25) is 0 Å². The summed E-state index contributed by atoms with van der Waals surface area (Å²) in [5.74, 6) is -2.43. The number of unbranched alkanes of at least 4 members (excludes halogenated alkanes) is 13. The zero-order valence-corrected chi connectivity index (χ0v) is 65.6. The molecule has 0 aromatic rings. The van der Waals surface area contributed by atoms with Gasteiger partial charge in [-0.1, -0.05) is 267 Å². The number of aliphatic hydroxyl groups excluding tert-OH is 1. The number of phosphoric acid groups is 2. The smallest absolute Gasteiger partial charge is 0.462 e. The third-order valence-electron chi connectivity index (χ3n) is 15.0. The molecule has 3 N–H and O–H groups in total. The first-order valence-corrected chi connectivity index (χ1v) is 41.7. The van der Waals surface area contributed by atoms with E-state index in [4.69, 9.17) is 37.0 Å². The van der Waals surface area contributed by atoms with Gasteiger partial charge < -0.3 is 33.8 Å². The third kappa shape index (κ3) is 74.2. The van der Waals surface area contributed by atoms with Crippen LogP contribution in [0.25, 0.3) is 0 Å². The van der Waals surface area contributed by atoms with Gasteiger partial charge in [-0.15, -0.1) is 0 Å². The Hall–Kier alpha value is -6.10. The molecule has 0 spiro atoms. The highest BCUT2D eigenvalue weighted by Gasteiger charge is 2.30. The number of esters is 4. The number of carbonyl (C=O) groups excluding carboxylic acids is 4. The summed E-state index contributed by atoms with van der Waals surface area (Å²) in [5, 5.41) is 10.6. The zero-order valence-electron chi connectivity index (χ0n) is 63.9. The van der Waals surface area contributed by atoms with E-state index >= 15 is 0 Å². The molecule has 0 aliphatic heterocycles. The molecule has 0 aromatic carbocycles. The Morgan fingerprint density at radius 3 is 0.865 bits per heavy atom. The Balaban J connectivity index is 5.51. The van der Waals surface area contributed by atoms with E-state index in [9.17, 15) is 43.2 Å². The molecule has 0 saturated carbocycles. The summed E-state index contributed by atoms with van der Waals surface area (Å²) < 4.78 is 68.3. The molecule has 0 rings (SSSR count). The van der Waals surface area contributed by atoms with Crippen molar-refractivity contribution < 1.29 is 80.2 Å². The molecule has 5 atom stereocenters. The van der Waals surface area contributed by atoms with Crippen LogP contribution in [-0.2, 0) is 65.4 Å². The van der Waals surface area contributed by atoms with Crippen molar-refractivity contribution in [2.75, 3.05) is 39.6 Å². The molecule has 0 saturated heterocycles. The molecular weight excluding hydrogens is 1350 g/mol. The van der Waals surface area contributed by atoms with Crippen LogP contribution in [0.3, 0.4) is 0 Å². The Morgan fingerprint density at radius 1 is 0.288 bits per heavy atom. The predicted octanol–water partition coefficient (Wildman–Crippen LogP) is 22.5. The highest BCUT2D eigenvalue weighted by molar-refractivity contribution is 7.47. The van der Waals surface area contributed by atoms with Gasteiger partial charge >= 0.3 is 39.5 Å². The van der Waals surface area contributed by atoms with E-state index < -0.39 is 97.5 Å². The Kier molecular flexibility index (Phi) is 70.7. The lowest BCUT2D eigenvalue weighted by molar-refractivity contribution is -0.161. The van der Waals surface area contributed by atoms with Gasteiger partial charge in [0.05, 0.1) is 32.8 Å². The molecule has 0 bridgehead atoms. The molecule has 104 heavy (non-hydrogen) atoms. The number of phosphoric ester groups is 2. The summed E-state index contributed by atoms with van der Waals surface area (Å²) in [6, 6.07) is 0. The van der Waals surface area contributed by atoms with Gasteiger partial charge in [0.2, 0.25) is 0 Å². The van der Waals surface area contributed by atoms with E-state index in [2.05, 4.69) is 198 Å². The van der Waals surface area contributed by atoms with Gasteiger partial charge in [0.25, 0.3) is 0 Å². The molecule has 19 heteroatoms. The van der Waals surface area contributed by atoms with Crippen LogP contribution in [0.15, 0.2) is 194 Å². The van der Waals surface area contributed by atoms with Gasteiger partial charge in [-0.3, -0.25) is 37.3 Å². The van der Waals surface area contributed by atoms with Gasteiger partial charge in [-0.25, -0.2) is 9.13 Å². The number of ether oxygens (including phenoxy) is 4. The Bertz CT molecular complexity index is 2740. The topological polar surface area (TPSA) is 237 Å². The number of aliphatic hydroxyl groups is 1. The fourth-order valence-corrected chi connectivity index (χ4v) is 10.9. The van der Waals surface area contributed by atoms with E-state index in [1.54, 1.807) is 6.08 Å². The van der Waals surface area contributed by atoms with Crippen molar-refractivity contribution in [1.82, 2.24) is 0 Å². The summed E-state index contributed by atoms with van der Waals surface area (Å²) in [6.07, 6.45) is 91.6. The van der Waals surface area contributed by atoms with E-state index in [0.29, 0.717) is 25.7 Å². The van der Waals surface area contributed by atoms with Gasteiger partial charge in [-0.2, -0.15) is 0 Å². The average Bonchev–Trinajstić information content (AvgIpc) is 0.911. The minimum Gasteiger partial charge on any atom is -0.462 e. The lowest BCUT2D eigenvalue weighted by atomic mass is 10.1. The summed E-state index contributed by atoms with van der Waals surface area (Å²) in [4.78, 5) is 72.9. The molecule has 0 amide bonds. The highest BCUT2D eigenvalue weighted by atomic mass is 31.2. The SMILES string of the molecule is CC/C=C\C/C=C\C/C=C\C/C=C\C/C=C\CCCCCC(=O)OCC(COP(=O)(O)OCC(O)COP(=O)(O)OCC(COC(=O)C/C=C\C/C=C\C/C=C\C/C=C\C/C=C\CC)OC(=O)CCCCCCC/C=C\C/C=C\CCC)OC(=O)CCCCCC/C=C\C/C=C\C/C=C\C/C=C\CC. The van der Waals surface area contributed by atoms with Crippen LogP contribution in [0, 0.1) is 0 Å². The van der Waals surface area contributed by atoms with Gasteiger partial charge in [-0.05, 0) is 161 Å². The second-order valence-corrected chi connectivity index (χ2v) is 27.7. The molecule has 5 unspecified atom stereocenters. The molecule has 586 valence electrons. The number of rotatable bonds is 70. The van der Waals surface area contributed by atoms with E-state index in [0.717, 1.165) is 180 Å². The standard InChI is InChI=1S/C85H134O17P2/c1-5-9-13-17-21-25-29-33-36-38-39-41-43-47-50-54-58-62-66-70-83(88)96-76-81(102-85(90)72-68-64-60-56-52-48-44-40-37-34-30-26-22-18-14-10-6-2)78-100-104(93,94)98-74-79(86)73-97-103(91,92)99-77-80(101-84(89)71-67-63-59-55-51-45-32-28-24-20-16-12-8-4)75-95-82(87)69-65-61-57-53-49-46-42-35-31-27-23-19-15-11-7-3/h9-11,13-16,20-23,25-28,32-37,39,41-42,44,47-50,53,61,65,79-81,86H,5-8,12,17-19,24,29-31,38,40,43,45-46,51-52,54-60,62-64,66-78H2,1-4H3,(H,91,92)(H,93,94)/b13-9-,14-10-,15-11-,20-16-,25-21-,26-22-,27-23-,32-28-,36-33-,37-34-,41-39-,42-35-,48-44-,50-47-,53-49-,65-61-. The molecule has 0 aliphatic carbocycles. The quantitative estimate of drug-likeness (QED) is 0.0169. The number of hydrogen-bond donors (Lipinski definition) is 3. The maximum atomic E-state index is 13.1. The van der Waals surface area contributed by atoms with Crippen molar-refractivity contribution in [3.05, 3.63) is 194 Å². The van der Waals surface area contributed by atoms with Crippen molar-refractivity contribution in [3.8, 4) is 0 Å². The second kappa shape index (κ2) is 75.1. The fraction of sp³-hybridized carbons (Fsp3) is 0.576. The first-order chi connectivity index (χ1) is 50.7. The maximum Gasteiger partial charge on any atom is 0.472 e. The summed E-state index contributed by atoms with van der Waals surface area (Å²) in [6.45, 7) is 4.23.